The number of hydrogen-bond donors (Lipinski definition) is 2. The Balaban J connectivity index is 2.85. The van der Waals surface area contributed by atoms with Gasteiger partial charge in [-0.1, -0.05) is 25.4 Å². The second kappa shape index (κ2) is 8.00. The number of amides is 1. The number of benzene rings is 1. The highest BCUT2D eigenvalue weighted by Crippen LogP contribution is 2.27. The van der Waals surface area contributed by atoms with Crippen LogP contribution >= 0.6 is 11.6 Å². The van der Waals surface area contributed by atoms with E-state index in [1.165, 1.54) is 18.3 Å². The Morgan fingerprint density at radius 2 is 2.23 bits per heavy atom. The number of nitrogens with zero attached hydrogens (tertiary/aromatic N) is 2. The minimum atomic E-state index is -0.657. The zero-order valence-corrected chi connectivity index (χ0v) is 12.8. The monoisotopic (exact) mass is 322 g/mol. The highest BCUT2D eigenvalue weighted by atomic mass is 35.5. The number of rotatable bonds is 6. The van der Waals surface area contributed by atoms with Crippen molar-refractivity contribution in [3.8, 4) is 6.07 Å². The predicted octanol–water partition coefficient (Wildman–Crippen LogP) is 2.84. The minimum Gasteiger partial charge on any atom is -0.389 e. The first-order chi connectivity index (χ1) is 10.3. The average Bonchev–Trinajstić information content (AvgIpc) is 2.44. The maximum absolute atomic E-state index is 11.9. The summed E-state index contributed by atoms with van der Waals surface area (Å²) in [5.41, 5.74) is -0.260. The fourth-order valence-corrected chi connectivity index (χ4v) is 1.66. The molecule has 0 unspecified atom stereocenters. The van der Waals surface area contributed by atoms with Crippen molar-refractivity contribution < 1.29 is 9.72 Å². The highest BCUT2D eigenvalue weighted by molar-refractivity contribution is 6.32. The van der Waals surface area contributed by atoms with E-state index in [0.29, 0.717) is 12.5 Å². The molecule has 0 saturated heterocycles. The smallest absolute Gasteiger partial charge is 0.289 e. The first-order valence-electron chi connectivity index (χ1n) is 6.44. The van der Waals surface area contributed by atoms with Crippen molar-refractivity contribution in [2.45, 2.75) is 13.8 Å². The molecule has 1 aromatic carbocycles. The minimum absolute atomic E-state index is 0.0300. The molecule has 116 valence electrons. The van der Waals surface area contributed by atoms with E-state index in [0.717, 1.165) is 6.07 Å². The summed E-state index contributed by atoms with van der Waals surface area (Å²) < 4.78 is 0. The third kappa shape index (κ3) is 5.07. The molecule has 0 atom stereocenters. The standard InChI is InChI=1S/C14H15ClN4O3/c1-9(2)7-17-8-10(6-16)14(20)18-11-3-4-12(15)13(5-11)19(21)22/h3-5,8-9,17H,7H2,1-2H3,(H,18,20)/b10-8-. The summed E-state index contributed by atoms with van der Waals surface area (Å²) in [5, 5.41) is 25.0. The third-order valence-electron chi connectivity index (χ3n) is 2.54. The molecular weight excluding hydrogens is 308 g/mol. The summed E-state index contributed by atoms with van der Waals surface area (Å²) in [4.78, 5) is 22.1. The summed E-state index contributed by atoms with van der Waals surface area (Å²) in [6, 6.07) is 5.63. The van der Waals surface area contributed by atoms with Gasteiger partial charge in [0.2, 0.25) is 0 Å². The molecule has 1 rings (SSSR count). The summed E-state index contributed by atoms with van der Waals surface area (Å²) in [5.74, 6) is -0.298. The first-order valence-corrected chi connectivity index (χ1v) is 6.82. The van der Waals surface area contributed by atoms with E-state index < -0.39 is 10.8 Å². The normalized spacial score (nSPS) is 11.0. The number of nitro benzene ring substituents is 1. The zero-order valence-electron chi connectivity index (χ0n) is 12.1. The summed E-state index contributed by atoms with van der Waals surface area (Å²) in [6.45, 7) is 4.59. The quantitative estimate of drug-likeness (QED) is 0.362. The number of halogens is 1. The molecule has 0 aliphatic carbocycles. The van der Waals surface area contributed by atoms with Gasteiger partial charge in [-0.2, -0.15) is 5.26 Å². The van der Waals surface area contributed by atoms with Gasteiger partial charge < -0.3 is 10.6 Å². The van der Waals surface area contributed by atoms with E-state index in [1.54, 1.807) is 6.07 Å². The van der Waals surface area contributed by atoms with Gasteiger partial charge in [0.15, 0.2) is 0 Å². The van der Waals surface area contributed by atoms with Crippen LogP contribution in [-0.4, -0.2) is 17.4 Å². The van der Waals surface area contributed by atoms with Crippen molar-refractivity contribution in [3.63, 3.8) is 0 Å². The predicted molar refractivity (Wildman–Crippen MR) is 83.3 cm³/mol. The van der Waals surface area contributed by atoms with Crippen LogP contribution in [0.4, 0.5) is 11.4 Å². The van der Waals surface area contributed by atoms with E-state index in [9.17, 15) is 14.9 Å². The maximum atomic E-state index is 11.9. The molecular formula is C14H15ClN4O3. The Morgan fingerprint density at radius 3 is 2.77 bits per heavy atom. The topological polar surface area (TPSA) is 108 Å². The summed E-state index contributed by atoms with van der Waals surface area (Å²) in [7, 11) is 0. The average molecular weight is 323 g/mol. The van der Waals surface area contributed by atoms with Crippen LogP contribution in [0, 0.1) is 27.4 Å². The van der Waals surface area contributed by atoms with Crippen LogP contribution in [0.25, 0.3) is 0 Å². The lowest BCUT2D eigenvalue weighted by atomic mass is 10.2. The number of hydrogen-bond acceptors (Lipinski definition) is 5. The van der Waals surface area contributed by atoms with Gasteiger partial charge in [-0.3, -0.25) is 14.9 Å². The van der Waals surface area contributed by atoms with Crippen LogP contribution in [0.3, 0.4) is 0 Å². The number of anilines is 1. The van der Waals surface area contributed by atoms with Crippen LogP contribution in [0.1, 0.15) is 13.8 Å². The van der Waals surface area contributed by atoms with E-state index in [4.69, 9.17) is 16.9 Å². The van der Waals surface area contributed by atoms with Gasteiger partial charge in [0.25, 0.3) is 11.6 Å². The van der Waals surface area contributed by atoms with E-state index in [1.807, 2.05) is 13.8 Å². The Morgan fingerprint density at radius 1 is 1.55 bits per heavy atom. The molecule has 0 aliphatic heterocycles. The van der Waals surface area contributed by atoms with Crippen molar-refractivity contribution >= 4 is 28.9 Å². The van der Waals surface area contributed by atoms with Gasteiger partial charge in [-0.25, -0.2) is 0 Å². The van der Waals surface area contributed by atoms with Crippen molar-refractivity contribution in [1.82, 2.24) is 5.32 Å². The van der Waals surface area contributed by atoms with Crippen molar-refractivity contribution in [2.75, 3.05) is 11.9 Å². The van der Waals surface area contributed by atoms with Crippen LogP contribution in [-0.2, 0) is 4.79 Å². The molecule has 1 amide bonds. The van der Waals surface area contributed by atoms with Crippen molar-refractivity contribution in [3.05, 3.63) is 45.1 Å². The van der Waals surface area contributed by atoms with E-state index >= 15 is 0 Å². The van der Waals surface area contributed by atoms with Gasteiger partial charge in [-0.15, -0.1) is 0 Å². The van der Waals surface area contributed by atoms with Gasteiger partial charge in [-0.05, 0) is 18.1 Å². The Labute approximate surface area is 132 Å². The van der Waals surface area contributed by atoms with Crippen LogP contribution < -0.4 is 10.6 Å². The SMILES string of the molecule is CC(C)CN/C=C(/C#N)C(=O)Nc1ccc(Cl)c([N+](=O)[O-])c1. The largest absolute Gasteiger partial charge is 0.389 e. The highest BCUT2D eigenvalue weighted by Gasteiger charge is 2.15. The molecule has 0 spiro atoms. The molecule has 1 aromatic rings. The molecule has 0 aromatic heterocycles. The van der Waals surface area contributed by atoms with Crippen molar-refractivity contribution in [1.29, 1.82) is 5.26 Å². The number of nitriles is 1. The molecule has 2 N–H and O–H groups in total. The molecule has 0 fully saturated rings. The third-order valence-corrected chi connectivity index (χ3v) is 2.86. The Hall–Kier alpha value is -2.59. The fourth-order valence-electron chi connectivity index (χ4n) is 1.47. The van der Waals surface area contributed by atoms with Crippen molar-refractivity contribution in [2.24, 2.45) is 5.92 Å². The lowest BCUT2D eigenvalue weighted by molar-refractivity contribution is -0.384. The Bertz CT molecular complexity index is 650. The lowest BCUT2D eigenvalue weighted by Gasteiger charge is -2.07. The Kier molecular flexibility index (Phi) is 6.35. The number of nitrogens with one attached hydrogen (secondary N) is 2. The molecule has 0 aliphatic rings. The van der Waals surface area contributed by atoms with E-state index in [-0.39, 0.29) is 22.0 Å². The number of carbonyl (C=O) groups is 1. The number of nitro groups is 1. The second-order valence-corrected chi connectivity index (χ2v) is 5.26. The van der Waals surface area contributed by atoms with Gasteiger partial charge in [0.05, 0.1) is 4.92 Å². The molecule has 7 nitrogen and oxygen atoms in total. The summed E-state index contributed by atoms with van der Waals surface area (Å²) in [6.07, 6.45) is 1.32. The zero-order chi connectivity index (χ0) is 16.7. The molecule has 0 heterocycles. The summed E-state index contributed by atoms with van der Waals surface area (Å²) >= 11 is 5.69. The first kappa shape index (κ1) is 17.5. The van der Waals surface area contributed by atoms with Gasteiger partial charge in [0, 0.05) is 24.5 Å². The molecule has 0 bridgehead atoms. The van der Waals surface area contributed by atoms with Crippen LogP contribution in [0.5, 0.6) is 0 Å². The van der Waals surface area contributed by atoms with Crippen LogP contribution in [0.2, 0.25) is 5.02 Å². The van der Waals surface area contributed by atoms with Gasteiger partial charge in [0.1, 0.15) is 16.7 Å². The lowest BCUT2D eigenvalue weighted by Crippen LogP contribution is -2.19. The molecule has 0 saturated carbocycles. The fraction of sp³-hybridized carbons (Fsp3) is 0.286. The molecule has 22 heavy (non-hydrogen) atoms. The molecule has 0 radical (unpaired) electrons. The number of carbonyl (C=O) groups excluding carboxylic acids is 1. The van der Waals surface area contributed by atoms with Crippen LogP contribution in [0.15, 0.2) is 30.0 Å². The maximum Gasteiger partial charge on any atom is 0.289 e. The van der Waals surface area contributed by atoms with Gasteiger partial charge >= 0.3 is 0 Å². The van der Waals surface area contributed by atoms with E-state index in [2.05, 4.69) is 10.6 Å². The molecule has 8 heteroatoms. The second-order valence-electron chi connectivity index (χ2n) is 4.85.